The van der Waals surface area contributed by atoms with Gasteiger partial charge in [-0.2, -0.15) is 0 Å². The van der Waals surface area contributed by atoms with Gasteiger partial charge in [0.25, 0.3) is 0 Å². The molecule has 0 heterocycles. The normalized spacial score (nSPS) is 15.5. The van der Waals surface area contributed by atoms with E-state index in [1.165, 1.54) is 122 Å². The molecule has 0 aromatic heterocycles. The fourth-order valence-corrected chi connectivity index (χ4v) is 18.2. The van der Waals surface area contributed by atoms with Crippen LogP contribution in [0.4, 0.5) is 34.1 Å². The SMILES string of the molecule is CC1(C)c2ccccc2-c2ccc(N(c3cccc(-c4cccc(C5(c6ccccc6)c6ccccc6-c6ccc(N(c7ccc(-c8ccccc8)cc7)c7ccc8c(c7)C(C)(C)c7ccccc7-8)cc65)c4)c3)c3ccc4c(c3)C(c3ccccc3)(c3ccccc3)c3ccccc3-4)cc21. The molecule has 1 unspecified atom stereocenters. The Kier molecular flexibility index (Phi) is 13.5. The first-order valence-electron chi connectivity index (χ1n) is 35.2. The molecule has 0 fully saturated rings. The van der Waals surface area contributed by atoms with Crippen LogP contribution in [0.25, 0.3) is 66.8 Å². The fraction of sp³-hybridized carbons (Fsp3) is 0.0816. The number of nitrogens with zero attached hydrogens (tertiary/aromatic N) is 2. The quantitative estimate of drug-likeness (QED) is 0.120. The highest BCUT2D eigenvalue weighted by molar-refractivity contribution is 5.94. The molecule has 0 saturated heterocycles. The summed E-state index contributed by atoms with van der Waals surface area (Å²) in [7, 11) is 0. The maximum atomic E-state index is 2.52. The molecule has 0 spiro atoms. The Balaban J connectivity index is 0.790. The van der Waals surface area contributed by atoms with Crippen LogP contribution in [0.5, 0.6) is 0 Å². The van der Waals surface area contributed by atoms with E-state index in [-0.39, 0.29) is 10.8 Å². The molecule has 0 N–H and O–H groups in total. The van der Waals surface area contributed by atoms with Gasteiger partial charge >= 0.3 is 0 Å². The van der Waals surface area contributed by atoms with Crippen molar-refractivity contribution in [1.29, 1.82) is 0 Å². The van der Waals surface area contributed by atoms with Crippen LogP contribution in [-0.4, -0.2) is 0 Å². The molecular formula is C98H72N2. The second-order valence-electron chi connectivity index (χ2n) is 28.7. The molecule has 1 atom stereocenters. The summed E-state index contributed by atoms with van der Waals surface area (Å²) in [4.78, 5) is 5.01. The third kappa shape index (κ3) is 8.76. The van der Waals surface area contributed by atoms with E-state index in [9.17, 15) is 0 Å². The maximum absolute atomic E-state index is 2.52. The highest BCUT2D eigenvalue weighted by atomic mass is 15.1. The molecule has 474 valence electrons. The molecule has 15 aromatic rings. The second kappa shape index (κ2) is 22.7. The average Bonchev–Trinajstić information content (AvgIpc) is 1.54. The summed E-state index contributed by atoms with van der Waals surface area (Å²) >= 11 is 0. The molecule has 2 heteroatoms. The van der Waals surface area contributed by atoms with E-state index < -0.39 is 10.8 Å². The predicted molar refractivity (Wildman–Crippen MR) is 416 cm³/mol. The van der Waals surface area contributed by atoms with E-state index in [1.54, 1.807) is 0 Å². The van der Waals surface area contributed by atoms with Crippen molar-refractivity contribution >= 4 is 34.1 Å². The first kappa shape index (κ1) is 59.2. The van der Waals surface area contributed by atoms with E-state index in [2.05, 4.69) is 401 Å². The van der Waals surface area contributed by atoms with E-state index in [0.717, 1.165) is 45.3 Å². The molecule has 0 radical (unpaired) electrons. The largest absolute Gasteiger partial charge is 0.310 e. The van der Waals surface area contributed by atoms with Crippen LogP contribution in [0, 0.1) is 0 Å². The van der Waals surface area contributed by atoms with Crippen molar-refractivity contribution in [3.8, 4) is 66.8 Å². The lowest BCUT2D eigenvalue weighted by Crippen LogP contribution is -2.29. The highest BCUT2D eigenvalue weighted by Gasteiger charge is 2.49. The zero-order valence-electron chi connectivity index (χ0n) is 56.5. The predicted octanol–water partition coefficient (Wildman–Crippen LogP) is 25.3. The molecule has 100 heavy (non-hydrogen) atoms. The summed E-state index contributed by atoms with van der Waals surface area (Å²) < 4.78 is 0. The van der Waals surface area contributed by atoms with Crippen LogP contribution < -0.4 is 9.80 Å². The van der Waals surface area contributed by atoms with Gasteiger partial charge in [0.2, 0.25) is 0 Å². The Labute approximate surface area is 587 Å². The number of hydrogen-bond acceptors (Lipinski definition) is 2. The Morgan fingerprint density at radius 2 is 0.450 bits per heavy atom. The summed E-state index contributed by atoms with van der Waals surface area (Å²) in [6.45, 7) is 9.54. The standard InChI is InChI=1S/C98H72N2/c1-95(2)87-43-21-17-39-79(87)83-55-51-75(61-91(83)95)99(73-49-47-66(48-50-73)65-27-9-5-10-28-65)77-53-57-86-82-42-20-24-46-90(82)98(94(86)63-77,71-35-15-8-16-36-71)72-37-25-29-67(59-72)68-30-26-38-74(60-68)100(76-52-56-84-80-40-18-22-44-88(80)96(3,4)92(84)62-76)78-54-58-85-81-41-19-23-45-89(81)97(93(85)64-78,69-31-11-6-12-32-69)70-33-13-7-14-34-70/h5-64H,1-4H3. The summed E-state index contributed by atoms with van der Waals surface area (Å²) in [6, 6.07) is 137. The second-order valence-corrected chi connectivity index (χ2v) is 28.7. The van der Waals surface area contributed by atoms with Crippen LogP contribution in [0.1, 0.15) is 94.5 Å². The molecule has 0 amide bonds. The van der Waals surface area contributed by atoms with Crippen LogP contribution >= 0.6 is 0 Å². The van der Waals surface area contributed by atoms with Crippen LogP contribution in [-0.2, 0) is 21.7 Å². The van der Waals surface area contributed by atoms with E-state index in [4.69, 9.17) is 0 Å². The number of rotatable bonds is 12. The third-order valence-electron chi connectivity index (χ3n) is 22.8. The van der Waals surface area contributed by atoms with Gasteiger partial charge in [0.15, 0.2) is 0 Å². The topological polar surface area (TPSA) is 6.48 Å². The van der Waals surface area contributed by atoms with Gasteiger partial charge in [-0.15, -0.1) is 0 Å². The van der Waals surface area contributed by atoms with Crippen molar-refractivity contribution in [2.75, 3.05) is 9.80 Å². The number of anilines is 6. The van der Waals surface area contributed by atoms with Crippen molar-refractivity contribution in [2.24, 2.45) is 0 Å². The van der Waals surface area contributed by atoms with Crippen molar-refractivity contribution in [3.05, 3.63) is 431 Å². The minimum Gasteiger partial charge on any atom is -0.310 e. The van der Waals surface area contributed by atoms with Crippen LogP contribution in [0.2, 0.25) is 0 Å². The summed E-state index contributed by atoms with van der Waals surface area (Å²) in [5.74, 6) is 0. The fourth-order valence-electron chi connectivity index (χ4n) is 18.2. The van der Waals surface area contributed by atoms with Gasteiger partial charge in [0.05, 0.1) is 10.8 Å². The molecule has 0 bridgehead atoms. The third-order valence-corrected chi connectivity index (χ3v) is 22.8. The number of fused-ring (bicyclic) bond motifs is 12. The van der Waals surface area contributed by atoms with E-state index in [1.807, 2.05) is 0 Å². The summed E-state index contributed by atoms with van der Waals surface area (Å²) in [6.07, 6.45) is 0. The lowest BCUT2D eigenvalue weighted by atomic mass is 9.67. The molecule has 2 nitrogen and oxygen atoms in total. The van der Waals surface area contributed by atoms with E-state index >= 15 is 0 Å². The summed E-state index contributed by atoms with van der Waals surface area (Å²) in [5, 5.41) is 0. The van der Waals surface area contributed by atoms with Crippen molar-refractivity contribution < 1.29 is 0 Å². The zero-order chi connectivity index (χ0) is 66.9. The lowest BCUT2D eigenvalue weighted by Gasteiger charge is -2.35. The monoisotopic (exact) mass is 1280 g/mol. The Morgan fingerprint density at radius 3 is 0.900 bits per heavy atom. The van der Waals surface area contributed by atoms with Crippen molar-refractivity contribution in [3.63, 3.8) is 0 Å². The molecular weight excluding hydrogens is 1210 g/mol. The minimum atomic E-state index is -0.714. The minimum absolute atomic E-state index is 0.186. The molecule has 0 saturated carbocycles. The first-order valence-corrected chi connectivity index (χ1v) is 35.2. The molecule has 0 aliphatic heterocycles. The number of benzene rings is 15. The molecule has 15 aromatic carbocycles. The number of hydrogen-bond donors (Lipinski definition) is 0. The van der Waals surface area contributed by atoms with Gasteiger partial charge in [0.1, 0.15) is 0 Å². The van der Waals surface area contributed by atoms with Crippen molar-refractivity contribution in [2.45, 2.75) is 49.4 Å². The first-order chi connectivity index (χ1) is 49.1. The highest BCUT2D eigenvalue weighted by Crippen LogP contribution is 2.61. The molecule has 4 aliphatic carbocycles. The smallest absolute Gasteiger partial charge is 0.0714 e. The van der Waals surface area contributed by atoms with Crippen LogP contribution in [0.15, 0.2) is 364 Å². The lowest BCUT2D eigenvalue weighted by molar-refractivity contribution is 0.660. The summed E-state index contributed by atoms with van der Waals surface area (Å²) in [5.41, 5.74) is 35.1. The zero-order valence-corrected chi connectivity index (χ0v) is 56.5. The average molecular weight is 1280 g/mol. The van der Waals surface area contributed by atoms with Gasteiger partial charge < -0.3 is 9.80 Å². The van der Waals surface area contributed by atoms with Crippen molar-refractivity contribution in [1.82, 2.24) is 0 Å². The van der Waals surface area contributed by atoms with Gasteiger partial charge in [-0.25, -0.2) is 0 Å². The Bertz CT molecular complexity index is 5690. The van der Waals surface area contributed by atoms with Gasteiger partial charge in [0, 0.05) is 45.0 Å². The van der Waals surface area contributed by atoms with Gasteiger partial charge in [-0.05, 0) is 212 Å². The molecule has 19 rings (SSSR count). The van der Waals surface area contributed by atoms with Crippen LogP contribution in [0.3, 0.4) is 0 Å². The maximum Gasteiger partial charge on any atom is 0.0714 e. The Hall–Kier alpha value is -12.1. The Morgan fingerprint density at radius 1 is 0.170 bits per heavy atom. The van der Waals surface area contributed by atoms with Gasteiger partial charge in [-0.3, -0.25) is 0 Å². The van der Waals surface area contributed by atoms with Gasteiger partial charge in [-0.1, -0.05) is 313 Å². The molecule has 4 aliphatic rings. The van der Waals surface area contributed by atoms with E-state index in [0.29, 0.717) is 0 Å².